The van der Waals surface area contributed by atoms with Crippen LogP contribution >= 0.6 is 0 Å². The summed E-state index contributed by atoms with van der Waals surface area (Å²) in [5.41, 5.74) is 4.34. The first-order chi connectivity index (χ1) is 14.2. The molecule has 0 spiro atoms. The van der Waals surface area contributed by atoms with Crippen LogP contribution in [-0.4, -0.2) is 50.0 Å². The van der Waals surface area contributed by atoms with Crippen LogP contribution in [0.3, 0.4) is 0 Å². The third kappa shape index (κ3) is 3.40. The number of carbonyl (C=O) groups excluding carboxylic acids is 1. The van der Waals surface area contributed by atoms with Gasteiger partial charge in [-0.05, 0) is 18.6 Å². The molecule has 1 unspecified atom stereocenters. The molecule has 4 heterocycles. The SMILES string of the molecule is CCc1nc2ccccc2n1CC(=O)N1CCC(c2ncc3c(n2)CCNC3)C1. The minimum absolute atomic E-state index is 0.146. The zero-order chi connectivity index (χ0) is 19.8. The zero-order valence-electron chi connectivity index (χ0n) is 16.8. The van der Waals surface area contributed by atoms with E-state index >= 15 is 0 Å². The molecule has 1 N–H and O–H groups in total. The Balaban J connectivity index is 1.31. The lowest BCUT2D eigenvalue weighted by atomic mass is 10.1. The maximum Gasteiger partial charge on any atom is 0.242 e. The molecule has 1 amide bonds. The Kier molecular flexibility index (Phi) is 4.75. The Morgan fingerprint density at radius 1 is 1.28 bits per heavy atom. The van der Waals surface area contributed by atoms with Crippen LogP contribution in [0.4, 0.5) is 0 Å². The average molecular weight is 390 g/mol. The van der Waals surface area contributed by atoms with E-state index in [1.54, 1.807) is 0 Å². The summed E-state index contributed by atoms with van der Waals surface area (Å²) >= 11 is 0. The van der Waals surface area contributed by atoms with Crippen molar-refractivity contribution in [1.82, 2.24) is 29.7 Å². The predicted molar refractivity (Wildman–Crippen MR) is 110 cm³/mol. The molecule has 0 aliphatic carbocycles. The second-order valence-corrected chi connectivity index (χ2v) is 7.91. The minimum atomic E-state index is 0.146. The summed E-state index contributed by atoms with van der Waals surface area (Å²) in [4.78, 5) is 29.1. The summed E-state index contributed by atoms with van der Waals surface area (Å²) in [5, 5.41) is 3.35. The molecule has 1 saturated heterocycles. The van der Waals surface area contributed by atoms with Gasteiger partial charge in [0.15, 0.2) is 0 Å². The van der Waals surface area contributed by atoms with Gasteiger partial charge < -0.3 is 14.8 Å². The highest BCUT2D eigenvalue weighted by Crippen LogP contribution is 2.26. The van der Waals surface area contributed by atoms with Crippen LogP contribution in [0.5, 0.6) is 0 Å². The molecule has 1 atom stereocenters. The fourth-order valence-electron chi connectivity index (χ4n) is 4.45. The predicted octanol–water partition coefficient (Wildman–Crippen LogP) is 2.05. The molecule has 2 aromatic heterocycles. The highest BCUT2D eigenvalue weighted by molar-refractivity contribution is 5.81. The van der Waals surface area contributed by atoms with Crippen LogP contribution < -0.4 is 5.32 Å². The highest BCUT2D eigenvalue weighted by atomic mass is 16.2. The average Bonchev–Trinajstić information content (AvgIpc) is 3.39. The fraction of sp³-hybridized carbons (Fsp3) is 0.455. The molecule has 7 nitrogen and oxygen atoms in total. The van der Waals surface area contributed by atoms with E-state index in [0.717, 1.165) is 67.3 Å². The minimum Gasteiger partial charge on any atom is -0.340 e. The van der Waals surface area contributed by atoms with Crippen molar-refractivity contribution in [3.05, 3.63) is 53.4 Å². The van der Waals surface area contributed by atoms with E-state index in [4.69, 9.17) is 4.98 Å². The molecule has 3 aromatic rings. The van der Waals surface area contributed by atoms with Gasteiger partial charge in [-0.3, -0.25) is 4.79 Å². The Bertz CT molecular complexity index is 1060. The first-order valence-electron chi connectivity index (χ1n) is 10.5. The van der Waals surface area contributed by atoms with Crippen molar-refractivity contribution in [2.24, 2.45) is 0 Å². The van der Waals surface area contributed by atoms with E-state index in [0.29, 0.717) is 13.1 Å². The summed E-state index contributed by atoms with van der Waals surface area (Å²) in [7, 11) is 0. The number of nitrogens with one attached hydrogen (secondary N) is 1. The lowest BCUT2D eigenvalue weighted by molar-refractivity contribution is -0.130. The van der Waals surface area contributed by atoms with Gasteiger partial charge in [-0.2, -0.15) is 0 Å². The van der Waals surface area contributed by atoms with Crippen molar-refractivity contribution in [3.8, 4) is 0 Å². The first-order valence-corrected chi connectivity index (χ1v) is 10.5. The van der Waals surface area contributed by atoms with Crippen LogP contribution in [0.1, 0.15) is 42.2 Å². The van der Waals surface area contributed by atoms with Crippen LogP contribution in [0, 0.1) is 0 Å². The highest BCUT2D eigenvalue weighted by Gasteiger charge is 2.30. The topological polar surface area (TPSA) is 75.9 Å². The molecule has 2 aliphatic rings. The van der Waals surface area contributed by atoms with Gasteiger partial charge in [-0.15, -0.1) is 0 Å². The van der Waals surface area contributed by atoms with Crippen LogP contribution in [0.15, 0.2) is 30.5 Å². The molecule has 1 fully saturated rings. The van der Waals surface area contributed by atoms with E-state index in [1.807, 2.05) is 35.4 Å². The zero-order valence-corrected chi connectivity index (χ0v) is 16.8. The third-order valence-electron chi connectivity index (χ3n) is 6.08. The van der Waals surface area contributed by atoms with Gasteiger partial charge in [-0.1, -0.05) is 19.1 Å². The molecule has 1 aromatic carbocycles. The second kappa shape index (κ2) is 7.55. The number of likely N-dealkylation sites (tertiary alicyclic amines) is 1. The number of amides is 1. The lowest BCUT2D eigenvalue weighted by Gasteiger charge is -2.19. The monoisotopic (exact) mass is 390 g/mol. The second-order valence-electron chi connectivity index (χ2n) is 7.91. The number of aryl methyl sites for hydroxylation is 1. The Labute approximate surface area is 170 Å². The van der Waals surface area contributed by atoms with Crippen molar-refractivity contribution < 1.29 is 4.79 Å². The molecule has 0 saturated carbocycles. The van der Waals surface area contributed by atoms with Crippen LogP contribution in [-0.2, 0) is 30.7 Å². The number of hydrogen-bond donors (Lipinski definition) is 1. The summed E-state index contributed by atoms with van der Waals surface area (Å²) < 4.78 is 2.06. The van der Waals surface area contributed by atoms with Gasteiger partial charge in [0.25, 0.3) is 0 Å². The molecule has 150 valence electrons. The molecule has 7 heteroatoms. The Morgan fingerprint density at radius 2 is 2.17 bits per heavy atom. The molecule has 29 heavy (non-hydrogen) atoms. The number of aromatic nitrogens is 4. The molecule has 0 radical (unpaired) electrons. The van der Waals surface area contributed by atoms with Crippen molar-refractivity contribution in [3.63, 3.8) is 0 Å². The van der Waals surface area contributed by atoms with Gasteiger partial charge >= 0.3 is 0 Å². The third-order valence-corrected chi connectivity index (χ3v) is 6.08. The van der Waals surface area contributed by atoms with Crippen molar-refractivity contribution >= 4 is 16.9 Å². The summed E-state index contributed by atoms with van der Waals surface area (Å²) in [6.07, 6.45) is 4.64. The van der Waals surface area contributed by atoms with Crippen LogP contribution in [0.25, 0.3) is 11.0 Å². The summed E-state index contributed by atoms with van der Waals surface area (Å²) in [5.74, 6) is 2.22. The standard InChI is InChI=1S/C22H26N6O/c1-2-20-25-18-5-3-4-6-19(18)28(20)14-21(29)27-10-8-15(13-27)22-24-12-16-11-23-9-7-17(16)26-22/h3-6,12,15,23H,2,7-11,13-14H2,1H3. The lowest BCUT2D eigenvalue weighted by Crippen LogP contribution is -2.32. The smallest absolute Gasteiger partial charge is 0.242 e. The molecule has 0 bridgehead atoms. The van der Waals surface area contributed by atoms with E-state index in [2.05, 4.69) is 26.8 Å². The quantitative estimate of drug-likeness (QED) is 0.738. The number of nitrogens with zero attached hydrogens (tertiary/aromatic N) is 5. The molecular formula is C22H26N6O. The maximum atomic E-state index is 13.1. The normalized spacial score (nSPS) is 18.9. The van der Waals surface area contributed by atoms with Gasteiger partial charge in [-0.25, -0.2) is 15.0 Å². The van der Waals surface area contributed by atoms with Gasteiger partial charge in [0.1, 0.15) is 18.2 Å². The largest absolute Gasteiger partial charge is 0.340 e. The summed E-state index contributed by atoms with van der Waals surface area (Å²) in [6, 6.07) is 8.03. The number of benzene rings is 1. The molecular weight excluding hydrogens is 364 g/mol. The molecule has 5 rings (SSSR count). The maximum absolute atomic E-state index is 13.1. The Hall–Kier alpha value is -2.80. The number of carbonyl (C=O) groups is 1. The van der Waals surface area contributed by atoms with E-state index in [9.17, 15) is 4.79 Å². The van der Waals surface area contributed by atoms with Gasteiger partial charge in [0.2, 0.25) is 5.91 Å². The van der Waals surface area contributed by atoms with Gasteiger partial charge in [0, 0.05) is 62.4 Å². The van der Waals surface area contributed by atoms with Crippen molar-refractivity contribution in [2.45, 2.75) is 45.2 Å². The van der Waals surface area contributed by atoms with Crippen molar-refractivity contribution in [2.75, 3.05) is 19.6 Å². The number of hydrogen-bond acceptors (Lipinski definition) is 5. The fourth-order valence-corrected chi connectivity index (χ4v) is 4.45. The first kappa shape index (κ1) is 18.2. The van der Waals surface area contributed by atoms with Crippen LogP contribution in [0.2, 0.25) is 0 Å². The Morgan fingerprint density at radius 3 is 3.07 bits per heavy atom. The van der Waals surface area contributed by atoms with E-state index in [-0.39, 0.29) is 11.8 Å². The molecule has 2 aliphatic heterocycles. The van der Waals surface area contributed by atoms with Crippen molar-refractivity contribution in [1.29, 1.82) is 0 Å². The number of fused-ring (bicyclic) bond motifs is 2. The van der Waals surface area contributed by atoms with E-state index < -0.39 is 0 Å². The van der Waals surface area contributed by atoms with E-state index in [1.165, 1.54) is 5.56 Å². The number of rotatable bonds is 4. The van der Waals surface area contributed by atoms with Gasteiger partial charge in [0.05, 0.1) is 11.0 Å². The number of para-hydroxylation sites is 2. The summed E-state index contributed by atoms with van der Waals surface area (Å²) in [6.45, 7) is 5.70. The number of imidazole rings is 1.